The van der Waals surface area contributed by atoms with E-state index in [1.165, 1.54) is 11.3 Å². The van der Waals surface area contributed by atoms with Gasteiger partial charge in [-0.3, -0.25) is 14.9 Å². The Morgan fingerprint density at radius 2 is 1.93 bits per heavy atom. The highest BCUT2D eigenvalue weighted by Gasteiger charge is 2.17. The first kappa shape index (κ1) is 20.0. The number of halogens is 1. The Kier molecular flexibility index (Phi) is 6.06. The van der Waals surface area contributed by atoms with Gasteiger partial charge in [0.15, 0.2) is 0 Å². The van der Waals surface area contributed by atoms with Gasteiger partial charge in [0.05, 0.1) is 20.5 Å². The van der Waals surface area contributed by atoms with Gasteiger partial charge in [-0.2, -0.15) is 0 Å². The van der Waals surface area contributed by atoms with Crippen LogP contribution in [0, 0.1) is 24.0 Å². The third-order valence-electron chi connectivity index (χ3n) is 4.33. The number of carbonyl (C=O) groups is 1. The Morgan fingerprint density at radius 3 is 2.57 bits per heavy atom. The van der Waals surface area contributed by atoms with Crippen LogP contribution in [0.5, 0.6) is 0 Å². The summed E-state index contributed by atoms with van der Waals surface area (Å²) in [6.45, 7) is 4.13. The van der Waals surface area contributed by atoms with E-state index in [9.17, 15) is 14.9 Å². The summed E-state index contributed by atoms with van der Waals surface area (Å²) in [5.41, 5.74) is 4.17. The van der Waals surface area contributed by atoms with E-state index in [2.05, 4.69) is 0 Å². The molecule has 3 aromatic rings. The van der Waals surface area contributed by atoms with E-state index >= 15 is 0 Å². The highest BCUT2D eigenvalue weighted by molar-refractivity contribution is 7.12. The zero-order chi connectivity index (χ0) is 20.3. The lowest BCUT2D eigenvalue weighted by atomic mass is 10.0. The predicted molar refractivity (Wildman–Crippen MR) is 109 cm³/mol. The fraction of sp³-hybridized carbons (Fsp3) is 0.200. The number of hydrogen-bond acceptors (Lipinski definition) is 6. The van der Waals surface area contributed by atoms with Crippen LogP contribution in [-0.2, 0) is 22.6 Å². The number of aromatic nitrogens is 1. The summed E-state index contributed by atoms with van der Waals surface area (Å²) in [4.78, 5) is 26.9. The zero-order valence-corrected chi connectivity index (χ0v) is 16.8. The van der Waals surface area contributed by atoms with Crippen LogP contribution >= 0.6 is 22.9 Å². The second kappa shape index (κ2) is 8.50. The molecule has 1 heterocycles. The smallest absolute Gasteiger partial charge is 0.293 e. The van der Waals surface area contributed by atoms with Gasteiger partial charge in [0.2, 0.25) is 0 Å². The largest absolute Gasteiger partial charge is 0.462 e. The van der Waals surface area contributed by atoms with Crippen LogP contribution in [-0.4, -0.2) is 16.4 Å². The van der Waals surface area contributed by atoms with Gasteiger partial charge >= 0.3 is 0 Å². The number of ether oxygens (including phenoxy) is 1. The number of nitro groups is 1. The Bertz CT molecular complexity index is 1030. The van der Waals surface area contributed by atoms with Crippen molar-refractivity contribution < 1.29 is 14.5 Å². The van der Waals surface area contributed by atoms with Gasteiger partial charge in [-0.1, -0.05) is 23.7 Å². The first-order chi connectivity index (χ1) is 13.4. The molecule has 2 aromatic carbocycles. The molecule has 144 valence electrons. The molecule has 0 aliphatic heterocycles. The van der Waals surface area contributed by atoms with Gasteiger partial charge in [-0.05, 0) is 43.2 Å². The zero-order valence-electron chi connectivity index (χ0n) is 15.3. The summed E-state index contributed by atoms with van der Waals surface area (Å²) in [5, 5.41) is 12.6. The molecule has 0 unspecified atom stereocenters. The van der Waals surface area contributed by atoms with Crippen LogP contribution in [0.3, 0.4) is 0 Å². The third-order valence-corrected chi connectivity index (χ3v) is 5.62. The third kappa shape index (κ3) is 4.37. The number of carbonyl (C=O) groups excluding carboxylic acids is 1. The number of benzene rings is 2. The van der Waals surface area contributed by atoms with Gasteiger partial charge in [0, 0.05) is 28.6 Å². The molecule has 0 amide bonds. The summed E-state index contributed by atoms with van der Waals surface area (Å²) in [6.07, 6.45) is 0.539. The maximum absolute atomic E-state index is 11.1. The fourth-order valence-corrected chi connectivity index (χ4v) is 4.09. The van der Waals surface area contributed by atoms with Crippen LogP contribution in [0.25, 0.3) is 11.3 Å². The molecular formula is C20H17ClN2O4S. The summed E-state index contributed by atoms with van der Waals surface area (Å²) in [5.74, 6) is 0. The second-order valence-electron chi connectivity index (χ2n) is 6.29. The van der Waals surface area contributed by atoms with E-state index in [1.807, 2.05) is 25.1 Å². The highest BCUT2D eigenvalue weighted by Crippen LogP contribution is 2.32. The molecule has 0 saturated carbocycles. The lowest BCUT2D eigenvalue weighted by molar-refractivity contribution is -0.385. The topological polar surface area (TPSA) is 82.3 Å². The van der Waals surface area contributed by atoms with E-state index in [1.54, 1.807) is 25.1 Å². The van der Waals surface area contributed by atoms with Gasteiger partial charge < -0.3 is 4.74 Å². The van der Waals surface area contributed by atoms with Gasteiger partial charge in [0.25, 0.3) is 12.2 Å². The molecule has 0 N–H and O–H groups in total. The van der Waals surface area contributed by atoms with E-state index in [4.69, 9.17) is 21.3 Å². The van der Waals surface area contributed by atoms with Crippen molar-refractivity contribution in [1.29, 1.82) is 0 Å². The molecule has 0 spiro atoms. The molecule has 3 rings (SSSR count). The number of hydrogen-bond donors (Lipinski definition) is 0. The summed E-state index contributed by atoms with van der Waals surface area (Å²) >= 11 is 7.42. The van der Waals surface area contributed by atoms with Crippen molar-refractivity contribution in [2.45, 2.75) is 26.9 Å². The lowest BCUT2D eigenvalue weighted by Gasteiger charge is -2.06. The highest BCUT2D eigenvalue weighted by atomic mass is 35.5. The number of nitro benzene ring substituents is 1. The number of thiazole rings is 1. The number of nitrogens with zero attached hydrogens (tertiary/aromatic N) is 2. The minimum absolute atomic E-state index is 0.113. The predicted octanol–water partition coefficient (Wildman–Crippen LogP) is 5.25. The van der Waals surface area contributed by atoms with Crippen LogP contribution < -0.4 is 0 Å². The Labute approximate surface area is 170 Å². The first-order valence-corrected chi connectivity index (χ1v) is 9.62. The van der Waals surface area contributed by atoms with Crippen molar-refractivity contribution in [3.8, 4) is 11.3 Å². The average Bonchev–Trinajstić information content (AvgIpc) is 3.05. The van der Waals surface area contributed by atoms with Gasteiger partial charge in [-0.15, -0.1) is 11.3 Å². The Morgan fingerprint density at radius 1 is 1.21 bits per heavy atom. The Hall–Kier alpha value is -2.77. The van der Waals surface area contributed by atoms with E-state index < -0.39 is 0 Å². The molecule has 0 aliphatic carbocycles. The molecule has 8 heteroatoms. The molecule has 28 heavy (non-hydrogen) atoms. The van der Waals surface area contributed by atoms with Crippen molar-refractivity contribution >= 4 is 35.1 Å². The summed E-state index contributed by atoms with van der Waals surface area (Å²) < 4.78 is 4.94. The molecule has 0 saturated heterocycles. The molecule has 1 aromatic heterocycles. The SMILES string of the molecule is Cc1cc([N+](=O)[O-])c(C)cc1Cc1nc(-c2ccc(Cl)cc2)c(COC=O)s1. The molecule has 0 fully saturated rings. The minimum Gasteiger partial charge on any atom is -0.462 e. The molecule has 0 atom stereocenters. The fourth-order valence-electron chi connectivity index (χ4n) is 2.93. The van der Waals surface area contributed by atoms with E-state index in [-0.39, 0.29) is 17.2 Å². The van der Waals surface area contributed by atoms with Crippen molar-refractivity contribution in [2.24, 2.45) is 0 Å². The molecule has 0 radical (unpaired) electrons. The molecule has 0 aliphatic rings. The van der Waals surface area contributed by atoms with Crippen molar-refractivity contribution in [3.63, 3.8) is 0 Å². The quantitative estimate of drug-likeness (QED) is 0.298. The van der Waals surface area contributed by atoms with E-state index in [0.29, 0.717) is 23.5 Å². The molecule has 0 bridgehead atoms. The number of rotatable bonds is 7. The Balaban J connectivity index is 1.96. The van der Waals surface area contributed by atoms with Gasteiger partial charge in [0.1, 0.15) is 6.61 Å². The standard InChI is InChI=1S/C20H17ClN2O4S/c1-12-8-17(23(25)26)13(2)7-15(12)9-19-22-20(18(28-19)10-27-11-24)14-3-5-16(21)6-4-14/h3-8,11H,9-10H2,1-2H3. The normalized spacial score (nSPS) is 10.7. The second-order valence-corrected chi connectivity index (χ2v) is 7.90. The van der Waals surface area contributed by atoms with Crippen molar-refractivity contribution in [1.82, 2.24) is 4.98 Å². The van der Waals surface area contributed by atoms with Crippen molar-refractivity contribution in [2.75, 3.05) is 0 Å². The summed E-state index contributed by atoms with van der Waals surface area (Å²) in [6, 6.07) is 10.7. The maximum Gasteiger partial charge on any atom is 0.293 e. The molecular weight excluding hydrogens is 400 g/mol. The lowest BCUT2D eigenvalue weighted by Crippen LogP contribution is -1.97. The van der Waals surface area contributed by atoms with E-state index in [0.717, 1.165) is 32.3 Å². The molecule has 6 nitrogen and oxygen atoms in total. The monoisotopic (exact) mass is 416 g/mol. The van der Waals surface area contributed by atoms with Crippen LogP contribution in [0.1, 0.15) is 26.6 Å². The minimum atomic E-state index is -0.372. The number of aryl methyl sites for hydroxylation is 2. The van der Waals surface area contributed by atoms with Crippen LogP contribution in [0.2, 0.25) is 5.02 Å². The van der Waals surface area contributed by atoms with Gasteiger partial charge in [-0.25, -0.2) is 4.98 Å². The first-order valence-electron chi connectivity index (χ1n) is 8.43. The summed E-state index contributed by atoms with van der Waals surface area (Å²) in [7, 11) is 0. The van der Waals surface area contributed by atoms with Crippen LogP contribution in [0.4, 0.5) is 5.69 Å². The van der Waals surface area contributed by atoms with Crippen LogP contribution in [0.15, 0.2) is 36.4 Å². The van der Waals surface area contributed by atoms with Crippen molar-refractivity contribution in [3.05, 3.63) is 78.1 Å². The maximum atomic E-state index is 11.1. The average molecular weight is 417 g/mol.